The highest BCUT2D eigenvalue weighted by Crippen LogP contribution is 2.26. The highest BCUT2D eigenvalue weighted by Gasteiger charge is 2.22. The minimum atomic E-state index is -3.78. The first-order chi connectivity index (χ1) is 9.31. The zero-order chi connectivity index (χ0) is 14.9. The second-order valence-corrected chi connectivity index (χ2v) is 6.35. The number of anilines is 1. The quantitative estimate of drug-likeness (QED) is 0.715. The molecule has 2 aromatic rings. The largest absolute Gasteiger partial charge is 0.398 e. The van der Waals surface area contributed by atoms with Gasteiger partial charge in [-0.05, 0) is 31.5 Å². The van der Waals surface area contributed by atoms with Crippen molar-refractivity contribution in [2.24, 2.45) is 0 Å². The van der Waals surface area contributed by atoms with Crippen LogP contribution in [0.15, 0.2) is 17.0 Å². The summed E-state index contributed by atoms with van der Waals surface area (Å²) in [4.78, 5) is -0.0130. The molecule has 1 aromatic heterocycles. The van der Waals surface area contributed by atoms with Crippen LogP contribution in [0.3, 0.4) is 0 Å². The average molecular weight is 317 g/mol. The molecule has 0 spiro atoms. The zero-order valence-corrected chi connectivity index (χ0v) is 12.3. The molecule has 1 unspecified atom stereocenters. The highest BCUT2D eigenvalue weighted by molar-refractivity contribution is 7.89. The average Bonchev–Trinajstić information content (AvgIpc) is 2.88. The summed E-state index contributed by atoms with van der Waals surface area (Å²) in [6.07, 6.45) is 0. The van der Waals surface area contributed by atoms with E-state index < -0.39 is 16.1 Å². The van der Waals surface area contributed by atoms with Crippen LogP contribution in [0.25, 0.3) is 0 Å². The van der Waals surface area contributed by atoms with Crippen LogP contribution in [-0.4, -0.2) is 29.0 Å². The van der Waals surface area contributed by atoms with Crippen LogP contribution in [-0.2, 0) is 10.0 Å². The van der Waals surface area contributed by atoms with Gasteiger partial charge in [0.25, 0.3) is 0 Å². The standard InChI is InChI=1S/C10H13ClN6O2S/c1-5-8(11)3-7(4-9(5)12)20(18,19)15-6(2)10-13-16-17-14-10/h3-4,6,15H,12H2,1-2H3,(H,13,14,16,17). The maximum absolute atomic E-state index is 12.2. The van der Waals surface area contributed by atoms with Gasteiger partial charge in [-0.25, -0.2) is 13.1 Å². The SMILES string of the molecule is Cc1c(N)cc(S(=O)(=O)NC(C)c2nn[nH]n2)cc1Cl. The lowest BCUT2D eigenvalue weighted by molar-refractivity contribution is 0.560. The Kier molecular flexibility index (Phi) is 3.93. The molecule has 0 saturated heterocycles. The minimum Gasteiger partial charge on any atom is -0.398 e. The number of sulfonamides is 1. The number of aromatic nitrogens is 4. The minimum absolute atomic E-state index is 0.0130. The summed E-state index contributed by atoms with van der Waals surface area (Å²) in [6.45, 7) is 3.31. The molecule has 0 aliphatic rings. The van der Waals surface area contributed by atoms with Crippen molar-refractivity contribution in [3.8, 4) is 0 Å². The van der Waals surface area contributed by atoms with E-state index in [4.69, 9.17) is 17.3 Å². The van der Waals surface area contributed by atoms with Crippen molar-refractivity contribution in [3.63, 3.8) is 0 Å². The number of H-pyrrole nitrogens is 1. The maximum atomic E-state index is 12.2. The molecule has 0 amide bonds. The van der Waals surface area contributed by atoms with Crippen LogP contribution < -0.4 is 10.5 Å². The lowest BCUT2D eigenvalue weighted by atomic mass is 10.2. The molecule has 0 aliphatic heterocycles. The Balaban J connectivity index is 2.31. The third-order valence-corrected chi connectivity index (χ3v) is 4.66. The predicted molar refractivity (Wildman–Crippen MR) is 73.5 cm³/mol. The van der Waals surface area contributed by atoms with E-state index >= 15 is 0 Å². The summed E-state index contributed by atoms with van der Waals surface area (Å²) in [6, 6.07) is 2.06. The van der Waals surface area contributed by atoms with Gasteiger partial charge < -0.3 is 5.73 Å². The molecule has 0 fully saturated rings. The number of rotatable bonds is 4. The number of nitrogen functional groups attached to an aromatic ring is 1. The first-order valence-corrected chi connectivity index (χ1v) is 7.48. The molecule has 4 N–H and O–H groups in total. The summed E-state index contributed by atoms with van der Waals surface area (Å²) in [5.74, 6) is 0.236. The van der Waals surface area contributed by atoms with E-state index in [2.05, 4.69) is 25.3 Å². The lowest BCUT2D eigenvalue weighted by Gasteiger charge is -2.12. The van der Waals surface area contributed by atoms with E-state index in [0.29, 0.717) is 11.3 Å². The van der Waals surface area contributed by atoms with Gasteiger partial charge in [-0.15, -0.1) is 10.2 Å². The Labute approximate surface area is 120 Å². The van der Waals surface area contributed by atoms with Crippen LogP contribution in [0.1, 0.15) is 24.4 Å². The molecule has 20 heavy (non-hydrogen) atoms. The monoisotopic (exact) mass is 316 g/mol. The summed E-state index contributed by atoms with van der Waals surface area (Å²) in [7, 11) is -3.78. The fourth-order valence-electron chi connectivity index (χ4n) is 1.54. The number of hydrogen-bond donors (Lipinski definition) is 3. The van der Waals surface area contributed by atoms with Crippen molar-refractivity contribution >= 4 is 27.3 Å². The van der Waals surface area contributed by atoms with Crippen molar-refractivity contribution < 1.29 is 8.42 Å². The number of nitrogens with one attached hydrogen (secondary N) is 2. The number of aromatic amines is 1. The van der Waals surface area contributed by atoms with Gasteiger partial charge >= 0.3 is 0 Å². The maximum Gasteiger partial charge on any atom is 0.241 e. The Bertz CT molecular complexity index is 692. The molecule has 108 valence electrons. The van der Waals surface area contributed by atoms with Crippen LogP contribution in [0.5, 0.6) is 0 Å². The number of halogens is 1. The van der Waals surface area contributed by atoms with E-state index in [1.54, 1.807) is 13.8 Å². The molecule has 0 saturated carbocycles. The van der Waals surface area contributed by atoms with Gasteiger partial charge in [-0.1, -0.05) is 16.8 Å². The van der Waals surface area contributed by atoms with E-state index in [0.717, 1.165) is 0 Å². The van der Waals surface area contributed by atoms with Crippen molar-refractivity contribution in [2.45, 2.75) is 24.8 Å². The fraction of sp³-hybridized carbons (Fsp3) is 0.300. The second kappa shape index (κ2) is 5.35. The molecule has 0 bridgehead atoms. The second-order valence-electron chi connectivity index (χ2n) is 4.23. The number of benzene rings is 1. The lowest BCUT2D eigenvalue weighted by Crippen LogP contribution is -2.27. The number of hydrogen-bond acceptors (Lipinski definition) is 6. The van der Waals surface area contributed by atoms with Gasteiger partial charge in [0.2, 0.25) is 10.0 Å². The molecule has 10 heteroatoms. The Morgan fingerprint density at radius 1 is 1.45 bits per heavy atom. The fourth-order valence-corrected chi connectivity index (χ4v) is 3.09. The van der Waals surface area contributed by atoms with Crippen LogP contribution in [0.4, 0.5) is 5.69 Å². The number of nitrogens with two attached hydrogens (primary N) is 1. The predicted octanol–water partition coefficient (Wildman–Crippen LogP) is 0.783. The van der Waals surface area contributed by atoms with E-state index in [1.807, 2.05) is 0 Å². The van der Waals surface area contributed by atoms with Crippen molar-refractivity contribution in [1.82, 2.24) is 25.3 Å². The smallest absolute Gasteiger partial charge is 0.241 e. The molecule has 1 atom stereocenters. The Morgan fingerprint density at radius 2 is 2.15 bits per heavy atom. The highest BCUT2D eigenvalue weighted by atomic mass is 35.5. The van der Waals surface area contributed by atoms with Crippen molar-refractivity contribution in [2.75, 3.05) is 5.73 Å². The summed E-state index contributed by atoms with van der Waals surface area (Å²) in [5.41, 5.74) is 6.67. The van der Waals surface area contributed by atoms with Crippen molar-refractivity contribution in [3.05, 3.63) is 28.5 Å². The summed E-state index contributed by atoms with van der Waals surface area (Å²) < 4.78 is 26.9. The molecular weight excluding hydrogens is 304 g/mol. The van der Waals surface area contributed by atoms with Crippen LogP contribution >= 0.6 is 11.6 Å². The third-order valence-electron chi connectivity index (χ3n) is 2.75. The molecule has 2 rings (SSSR count). The van der Waals surface area contributed by atoms with Gasteiger partial charge in [-0.2, -0.15) is 5.21 Å². The normalized spacial score (nSPS) is 13.3. The first kappa shape index (κ1) is 14.7. The molecular formula is C10H13ClN6O2S. The van der Waals surface area contributed by atoms with Crippen molar-refractivity contribution in [1.29, 1.82) is 0 Å². The van der Waals surface area contributed by atoms with E-state index in [1.165, 1.54) is 12.1 Å². The van der Waals surface area contributed by atoms with Gasteiger partial charge in [0, 0.05) is 10.7 Å². The molecule has 0 radical (unpaired) electrons. The third kappa shape index (κ3) is 2.89. The Morgan fingerprint density at radius 3 is 2.70 bits per heavy atom. The van der Waals surface area contributed by atoms with E-state index in [9.17, 15) is 8.42 Å². The van der Waals surface area contributed by atoms with Crippen LogP contribution in [0, 0.1) is 6.92 Å². The summed E-state index contributed by atoms with van der Waals surface area (Å²) >= 11 is 5.95. The number of tetrazole rings is 1. The van der Waals surface area contributed by atoms with Gasteiger partial charge in [0.15, 0.2) is 5.82 Å². The summed E-state index contributed by atoms with van der Waals surface area (Å²) in [5, 5.41) is 13.4. The van der Waals surface area contributed by atoms with E-state index in [-0.39, 0.29) is 15.7 Å². The molecule has 0 aliphatic carbocycles. The van der Waals surface area contributed by atoms with Gasteiger partial charge in [0.1, 0.15) is 0 Å². The van der Waals surface area contributed by atoms with Gasteiger partial charge in [0.05, 0.1) is 10.9 Å². The van der Waals surface area contributed by atoms with Crippen LogP contribution in [0.2, 0.25) is 5.02 Å². The zero-order valence-electron chi connectivity index (χ0n) is 10.8. The molecule has 8 nitrogen and oxygen atoms in total. The topological polar surface area (TPSA) is 127 Å². The number of nitrogens with zero attached hydrogens (tertiary/aromatic N) is 3. The first-order valence-electron chi connectivity index (χ1n) is 5.62. The van der Waals surface area contributed by atoms with Gasteiger partial charge in [-0.3, -0.25) is 0 Å². The molecule has 1 heterocycles. The Hall–Kier alpha value is -1.71. The molecule has 1 aromatic carbocycles.